The third-order valence-electron chi connectivity index (χ3n) is 4.95. The number of ether oxygens (including phenoxy) is 1. The van der Waals surface area contributed by atoms with Crippen molar-refractivity contribution in [2.24, 2.45) is 0 Å². The molecule has 6 nitrogen and oxygen atoms in total. The zero-order valence-electron chi connectivity index (χ0n) is 16.8. The van der Waals surface area contributed by atoms with E-state index in [4.69, 9.17) is 4.74 Å². The van der Waals surface area contributed by atoms with Crippen molar-refractivity contribution in [1.82, 2.24) is 10.6 Å². The quantitative estimate of drug-likeness (QED) is 0.558. The Kier molecular flexibility index (Phi) is 6.52. The number of benzene rings is 3. The van der Waals surface area contributed by atoms with E-state index in [-0.39, 0.29) is 11.8 Å². The Morgan fingerprint density at radius 1 is 1.06 bits per heavy atom. The lowest BCUT2D eigenvalue weighted by Gasteiger charge is -2.28. The van der Waals surface area contributed by atoms with E-state index in [0.29, 0.717) is 36.7 Å². The molecule has 1 fully saturated rings. The number of para-hydroxylation sites is 1. The van der Waals surface area contributed by atoms with Gasteiger partial charge in [0.15, 0.2) is 0 Å². The lowest BCUT2D eigenvalue weighted by molar-refractivity contribution is -0.120. The predicted octanol–water partition coefficient (Wildman–Crippen LogP) is 4.11. The molecule has 0 spiro atoms. The highest BCUT2D eigenvalue weighted by Crippen LogP contribution is 2.27. The van der Waals surface area contributed by atoms with Crippen LogP contribution in [-0.4, -0.2) is 31.4 Å². The molecule has 7 heteroatoms. The summed E-state index contributed by atoms with van der Waals surface area (Å²) in [6, 6.07) is 22.5. The van der Waals surface area contributed by atoms with Crippen molar-refractivity contribution < 1.29 is 14.3 Å². The molecule has 158 valence electrons. The van der Waals surface area contributed by atoms with Crippen molar-refractivity contribution in [3.8, 4) is 11.5 Å². The molecule has 0 unspecified atom stereocenters. The Morgan fingerprint density at radius 2 is 1.87 bits per heavy atom. The number of nitrogens with one attached hydrogen (secondary N) is 2. The molecule has 0 bridgehead atoms. The molecule has 1 saturated heterocycles. The molecule has 0 radical (unpaired) electrons. The van der Waals surface area contributed by atoms with Gasteiger partial charge in [0, 0.05) is 29.8 Å². The second kappa shape index (κ2) is 9.66. The number of nitrogens with zero attached hydrogens (tertiary/aromatic N) is 1. The number of halogens is 1. The van der Waals surface area contributed by atoms with Crippen LogP contribution in [0.2, 0.25) is 0 Å². The summed E-state index contributed by atoms with van der Waals surface area (Å²) in [6.07, 6.45) is 0. The van der Waals surface area contributed by atoms with Gasteiger partial charge in [-0.15, -0.1) is 0 Å². The molecule has 2 N–H and O–H groups in total. The van der Waals surface area contributed by atoms with Gasteiger partial charge in [-0.1, -0.05) is 46.3 Å². The normalized spacial score (nSPS) is 13.5. The molecule has 0 aromatic heterocycles. The van der Waals surface area contributed by atoms with E-state index in [1.807, 2.05) is 65.6 Å². The van der Waals surface area contributed by atoms with Crippen LogP contribution in [-0.2, 0) is 11.3 Å². The summed E-state index contributed by atoms with van der Waals surface area (Å²) in [6.45, 7) is 2.20. The van der Waals surface area contributed by atoms with Gasteiger partial charge in [0.05, 0.1) is 12.1 Å². The fraction of sp³-hybridized carbons (Fsp3) is 0.167. The molecule has 0 aliphatic carbocycles. The van der Waals surface area contributed by atoms with E-state index in [1.54, 1.807) is 12.1 Å². The molecule has 0 saturated carbocycles. The average Bonchev–Trinajstić information content (AvgIpc) is 2.78. The van der Waals surface area contributed by atoms with E-state index in [1.165, 1.54) is 0 Å². The highest BCUT2D eigenvalue weighted by molar-refractivity contribution is 9.10. The van der Waals surface area contributed by atoms with Crippen molar-refractivity contribution in [3.05, 3.63) is 88.4 Å². The zero-order chi connectivity index (χ0) is 21.6. The Bertz CT molecular complexity index is 1090. The Morgan fingerprint density at radius 3 is 2.65 bits per heavy atom. The lowest BCUT2D eigenvalue weighted by Crippen LogP contribution is -2.47. The maximum absolute atomic E-state index is 12.8. The smallest absolute Gasteiger partial charge is 0.255 e. The second-order valence-electron chi connectivity index (χ2n) is 7.18. The number of carbonyl (C=O) groups excluding carboxylic acids is 2. The van der Waals surface area contributed by atoms with Crippen LogP contribution in [0, 0.1) is 0 Å². The topological polar surface area (TPSA) is 70.7 Å². The van der Waals surface area contributed by atoms with E-state index >= 15 is 0 Å². The van der Waals surface area contributed by atoms with Crippen LogP contribution in [0.3, 0.4) is 0 Å². The van der Waals surface area contributed by atoms with Gasteiger partial charge in [0.2, 0.25) is 5.91 Å². The minimum absolute atomic E-state index is 0.0336. The van der Waals surface area contributed by atoms with Crippen molar-refractivity contribution in [3.63, 3.8) is 0 Å². The summed E-state index contributed by atoms with van der Waals surface area (Å²) >= 11 is 3.42. The van der Waals surface area contributed by atoms with E-state index in [0.717, 1.165) is 22.3 Å². The first-order chi connectivity index (χ1) is 15.1. The molecule has 3 aromatic carbocycles. The average molecular weight is 480 g/mol. The fourth-order valence-electron chi connectivity index (χ4n) is 3.36. The van der Waals surface area contributed by atoms with Gasteiger partial charge in [-0.05, 0) is 48.0 Å². The summed E-state index contributed by atoms with van der Waals surface area (Å²) in [5.41, 5.74) is 2.44. The third kappa shape index (κ3) is 5.44. The first kappa shape index (κ1) is 20.9. The zero-order valence-corrected chi connectivity index (χ0v) is 18.4. The van der Waals surface area contributed by atoms with Crippen molar-refractivity contribution in [2.75, 3.05) is 24.5 Å². The van der Waals surface area contributed by atoms with Gasteiger partial charge in [0.25, 0.3) is 5.91 Å². The maximum atomic E-state index is 12.8. The number of hydrogen-bond donors (Lipinski definition) is 2. The van der Waals surface area contributed by atoms with Crippen molar-refractivity contribution in [2.45, 2.75) is 6.54 Å². The summed E-state index contributed by atoms with van der Waals surface area (Å²) < 4.78 is 6.83. The van der Waals surface area contributed by atoms with Gasteiger partial charge in [-0.3, -0.25) is 9.59 Å². The van der Waals surface area contributed by atoms with Crippen LogP contribution < -0.4 is 20.3 Å². The van der Waals surface area contributed by atoms with Crippen molar-refractivity contribution >= 4 is 33.4 Å². The maximum Gasteiger partial charge on any atom is 0.255 e. The van der Waals surface area contributed by atoms with Crippen LogP contribution in [0.15, 0.2) is 77.3 Å². The summed E-state index contributed by atoms with van der Waals surface area (Å²) in [4.78, 5) is 26.4. The highest BCUT2D eigenvalue weighted by atomic mass is 79.9. The predicted molar refractivity (Wildman–Crippen MR) is 123 cm³/mol. The van der Waals surface area contributed by atoms with Gasteiger partial charge < -0.3 is 20.3 Å². The second-order valence-corrected chi connectivity index (χ2v) is 8.09. The number of carbonyl (C=O) groups is 2. The molecular weight excluding hydrogens is 458 g/mol. The van der Waals surface area contributed by atoms with Crippen molar-refractivity contribution in [1.29, 1.82) is 0 Å². The van der Waals surface area contributed by atoms with E-state index in [2.05, 4.69) is 26.6 Å². The fourth-order valence-corrected chi connectivity index (χ4v) is 3.74. The van der Waals surface area contributed by atoms with Gasteiger partial charge >= 0.3 is 0 Å². The number of rotatable bonds is 6. The Labute approximate surface area is 189 Å². The van der Waals surface area contributed by atoms with Gasteiger partial charge in [-0.25, -0.2) is 0 Å². The number of piperazine rings is 1. The molecule has 3 aromatic rings. The minimum Gasteiger partial charge on any atom is -0.456 e. The number of hydrogen-bond acceptors (Lipinski definition) is 4. The standard InChI is InChI=1S/C24H22BrN3O3/c25-18-4-3-5-20(14-18)31-22-7-2-1-6-21(22)24(30)27-15-17-8-10-19(11-9-17)28-13-12-26-23(29)16-28/h1-11,14H,12-13,15-16H2,(H,26,29)(H,27,30). The molecule has 31 heavy (non-hydrogen) atoms. The molecule has 0 atom stereocenters. The molecule has 1 aliphatic heterocycles. The SMILES string of the molecule is O=C1CN(c2ccc(CNC(=O)c3ccccc3Oc3cccc(Br)c3)cc2)CCN1. The Balaban J connectivity index is 1.39. The summed E-state index contributed by atoms with van der Waals surface area (Å²) in [5, 5.41) is 5.78. The number of amides is 2. The molecule has 2 amide bonds. The monoisotopic (exact) mass is 479 g/mol. The van der Waals surface area contributed by atoms with Crippen LogP contribution >= 0.6 is 15.9 Å². The minimum atomic E-state index is -0.206. The third-order valence-corrected chi connectivity index (χ3v) is 5.44. The van der Waals surface area contributed by atoms with Gasteiger partial charge in [0.1, 0.15) is 11.5 Å². The summed E-state index contributed by atoms with van der Waals surface area (Å²) in [5.74, 6) is 0.974. The lowest BCUT2D eigenvalue weighted by atomic mass is 10.1. The van der Waals surface area contributed by atoms with Crippen LogP contribution in [0.4, 0.5) is 5.69 Å². The van der Waals surface area contributed by atoms with Crippen LogP contribution in [0.5, 0.6) is 11.5 Å². The van der Waals surface area contributed by atoms with Gasteiger partial charge in [-0.2, -0.15) is 0 Å². The van der Waals surface area contributed by atoms with E-state index < -0.39 is 0 Å². The van der Waals surface area contributed by atoms with Crippen LogP contribution in [0.1, 0.15) is 15.9 Å². The first-order valence-electron chi connectivity index (χ1n) is 10.00. The number of anilines is 1. The molecule has 4 rings (SSSR count). The van der Waals surface area contributed by atoms with E-state index in [9.17, 15) is 9.59 Å². The Hall–Kier alpha value is -3.32. The molecule has 1 heterocycles. The van der Waals surface area contributed by atoms with Crippen LogP contribution in [0.25, 0.3) is 0 Å². The highest BCUT2D eigenvalue weighted by Gasteiger charge is 2.16. The molecular formula is C24H22BrN3O3. The largest absolute Gasteiger partial charge is 0.456 e. The first-order valence-corrected chi connectivity index (χ1v) is 10.8. The summed E-state index contributed by atoms with van der Waals surface area (Å²) in [7, 11) is 0. The molecule has 1 aliphatic rings.